The van der Waals surface area contributed by atoms with Crippen LogP contribution in [0.5, 0.6) is 5.75 Å². The third-order valence-corrected chi connectivity index (χ3v) is 4.29. The highest BCUT2D eigenvalue weighted by molar-refractivity contribution is 5.89. The van der Waals surface area contributed by atoms with Crippen LogP contribution in [0.3, 0.4) is 0 Å². The molecule has 2 aromatic rings. The van der Waals surface area contributed by atoms with Crippen LogP contribution in [0.25, 0.3) is 0 Å². The average Bonchev–Trinajstić information content (AvgIpc) is 2.68. The van der Waals surface area contributed by atoms with Gasteiger partial charge >= 0.3 is 0 Å². The Kier molecular flexibility index (Phi) is 6.44. The van der Waals surface area contributed by atoms with Crippen molar-refractivity contribution in [3.63, 3.8) is 0 Å². The molecule has 0 radical (unpaired) electrons. The molecule has 0 unspecified atom stereocenters. The van der Waals surface area contributed by atoms with E-state index in [-0.39, 0.29) is 5.91 Å². The molecule has 1 aliphatic rings. The number of benzene rings is 1. The molecule has 0 aliphatic carbocycles. The standard InChI is InChI=1S/C20H25N3O3/c1-16-5-2-3-6-18(16)26-12-4-7-20(24)22-19-9-8-17(15-21-19)23-10-13-25-14-11-23/h2-3,5-6,8-9,15H,4,7,10-14H2,1H3,(H,21,22,24). The molecule has 3 rings (SSSR count). The van der Waals surface area contributed by atoms with E-state index in [1.165, 1.54) is 0 Å². The van der Waals surface area contributed by atoms with Gasteiger partial charge < -0.3 is 19.7 Å². The summed E-state index contributed by atoms with van der Waals surface area (Å²) in [5, 5.41) is 2.83. The van der Waals surface area contributed by atoms with E-state index < -0.39 is 0 Å². The van der Waals surface area contributed by atoms with Crippen molar-refractivity contribution in [2.75, 3.05) is 43.1 Å². The number of amides is 1. The third kappa shape index (κ3) is 5.20. The summed E-state index contributed by atoms with van der Waals surface area (Å²) >= 11 is 0. The fourth-order valence-corrected chi connectivity index (χ4v) is 2.81. The fraction of sp³-hybridized carbons (Fsp3) is 0.400. The monoisotopic (exact) mass is 355 g/mol. The second-order valence-electron chi connectivity index (χ2n) is 6.27. The number of nitrogens with one attached hydrogen (secondary N) is 1. The van der Waals surface area contributed by atoms with Crippen LogP contribution in [0.15, 0.2) is 42.6 Å². The molecule has 0 saturated carbocycles. The van der Waals surface area contributed by atoms with Gasteiger partial charge in [0.1, 0.15) is 11.6 Å². The van der Waals surface area contributed by atoms with Gasteiger partial charge in [0.2, 0.25) is 5.91 Å². The molecule has 0 bridgehead atoms. The lowest BCUT2D eigenvalue weighted by atomic mass is 10.2. The number of nitrogens with zero attached hydrogens (tertiary/aromatic N) is 2. The summed E-state index contributed by atoms with van der Waals surface area (Å²) in [6.07, 6.45) is 2.85. The first-order valence-electron chi connectivity index (χ1n) is 8.99. The molecule has 0 atom stereocenters. The zero-order valence-electron chi connectivity index (χ0n) is 15.1. The molecule has 1 amide bonds. The number of para-hydroxylation sites is 1. The fourth-order valence-electron chi connectivity index (χ4n) is 2.81. The van der Waals surface area contributed by atoms with Crippen molar-refractivity contribution in [1.82, 2.24) is 4.98 Å². The van der Waals surface area contributed by atoms with Crippen molar-refractivity contribution in [1.29, 1.82) is 0 Å². The van der Waals surface area contributed by atoms with E-state index in [0.717, 1.165) is 43.3 Å². The van der Waals surface area contributed by atoms with Gasteiger partial charge in [-0.3, -0.25) is 4.79 Å². The zero-order chi connectivity index (χ0) is 18.2. The number of anilines is 2. The number of hydrogen-bond acceptors (Lipinski definition) is 5. The van der Waals surface area contributed by atoms with Crippen LogP contribution in [0.2, 0.25) is 0 Å². The molecule has 2 heterocycles. The molecule has 1 aromatic heterocycles. The Morgan fingerprint density at radius 1 is 1.23 bits per heavy atom. The van der Waals surface area contributed by atoms with Crippen molar-refractivity contribution in [3.8, 4) is 5.75 Å². The topological polar surface area (TPSA) is 63.7 Å². The first-order valence-corrected chi connectivity index (χ1v) is 8.99. The minimum Gasteiger partial charge on any atom is -0.493 e. The van der Waals surface area contributed by atoms with E-state index in [0.29, 0.717) is 25.3 Å². The van der Waals surface area contributed by atoms with Crippen molar-refractivity contribution < 1.29 is 14.3 Å². The molecule has 0 spiro atoms. The smallest absolute Gasteiger partial charge is 0.225 e. The van der Waals surface area contributed by atoms with E-state index in [2.05, 4.69) is 15.2 Å². The number of rotatable bonds is 7. The van der Waals surface area contributed by atoms with Crippen LogP contribution in [0, 0.1) is 6.92 Å². The number of morpholine rings is 1. The molecule has 1 N–H and O–H groups in total. The van der Waals surface area contributed by atoms with Crippen LogP contribution in [-0.2, 0) is 9.53 Å². The van der Waals surface area contributed by atoms with Crippen molar-refractivity contribution in [3.05, 3.63) is 48.2 Å². The average molecular weight is 355 g/mol. The molecule has 1 fully saturated rings. The molecule has 26 heavy (non-hydrogen) atoms. The Balaban J connectivity index is 1.39. The third-order valence-electron chi connectivity index (χ3n) is 4.29. The normalized spacial score (nSPS) is 14.1. The highest BCUT2D eigenvalue weighted by atomic mass is 16.5. The number of hydrogen-bond donors (Lipinski definition) is 1. The number of aromatic nitrogens is 1. The van der Waals surface area contributed by atoms with Gasteiger partial charge in [0.25, 0.3) is 0 Å². The van der Waals surface area contributed by atoms with Crippen molar-refractivity contribution in [2.24, 2.45) is 0 Å². The van der Waals surface area contributed by atoms with Crippen molar-refractivity contribution >= 4 is 17.4 Å². The summed E-state index contributed by atoms with van der Waals surface area (Å²) in [6.45, 7) is 5.74. The Hall–Kier alpha value is -2.60. The lowest BCUT2D eigenvalue weighted by Crippen LogP contribution is -2.36. The highest BCUT2D eigenvalue weighted by Gasteiger charge is 2.11. The van der Waals surface area contributed by atoms with Gasteiger partial charge in [0.15, 0.2) is 0 Å². The van der Waals surface area contributed by atoms with Gasteiger partial charge in [-0.2, -0.15) is 0 Å². The molecule has 1 aliphatic heterocycles. The highest BCUT2D eigenvalue weighted by Crippen LogP contribution is 2.18. The van der Waals surface area contributed by atoms with Gasteiger partial charge in [-0.1, -0.05) is 18.2 Å². The predicted octanol–water partition coefficient (Wildman–Crippen LogP) is 3.02. The second-order valence-corrected chi connectivity index (χ2v) is 6.27. The van der Waals surface area contributed by atoms with Crippen molar-refractivity contribution in [2.45, 2.75) is 19.8 Å². The number of carbonyl (C=O) groups is 1. The minimum atomic E-state index is -0.0509. The Labute approximate surface area is 154 Å². The number of pyridine rings is 1. The van der Waals surface area contributed by atoms with Gasteiger partial charge in [0, 0.05) is 19.5 Å². The molecular formula is C20H25N3O3. The van der Waals surface area contributed by atoms with Crippen LogP contribution < -0.4 is 15.0 Å². The van der Waals surface area contributed by atoms with Crippen LogP contribution in [0.4, 0.5) is 11.5 Å². The molecule has 1 saturated heterocycles. The van der Waals surface area contributed by atoms with E-state index in [4.69, 9.17) is 9.47 Å². The predicted molar refractivity (Wildman–Crippen MR) is 102 cm³/mol. The number of carbonyl (C=O) groups excluding carboxylic acids is 1. The van der Waals surface area contributed by atoms with Crippen LogP contribution >= 0.6 is 0 Å². The number of aryl methyl sites for hydroxylation is 1. The summed E-state index contributed by atoms with van der Waals surface area (Å²) in [5.74, 6) is 1.39. The van der Waals surface area contributed by atoms with Gasteiger partial charge in [-0.15, -0.1) is 0 Å². The zero-order valence-corrected chi connectivity index (χ0v) is 15.1. The molecule has 6 nitrogen and oxygen atoms in total. The first kappa shape index (κ1) is 18.2. The van der Waals surface area contributed by atoms with Gasteiger partial charge in [0.05, 0.1) is 31.7 Å². The summed E-state index contributed by atoms with van der Waals surface area (Å²) in [5.41, 5.74) is 2.15. The Morgan fingerprint density at radius 2 is 2.04 bits per heavy atom. The summed E-state index contributed by atoms with van der Waals surface area (Å²) < 4.78 is 11.1. The molecule has 138 valence electrons. The minimum absolute atomic E-state index is 0.0509. The van der Waals surface area contributed by atoms with E-state index in [1.54, 1.807) is 6.20 Å². The SMILES string of the molecule is Cc1ccccc1OCCCC(=O)Nc1ccc(N2CCOCC2)cn1. The second kappa shape index (κ2) is 9.20. The Morgan fingerprint density at radius 3 is 2.77 bits per heavy atom. The van der Waals surface area contributed by atoms with Gasteiger partial charge in [-0.05, 0) is 37.1 Å². The Bertz CT molecular complexity index is 712. The summed E-state index contributed by atoms with van der Waals surface area (Å²) in [6, 6.07) is 11.7. The van der Waals surface area contributed by atoms with Crippen LogP contribution in [-0.4, -0.2) is 43.8 Å². The lowest BCUT2D eigenvalue weighted by Gasteiger charge is -2.28. The maximum atomic E-state index is 12.0. The first-order chi connectivity index (χ1) is 12.7. The van der Waals surface area contributed by atoms with E-state index >= 15 is 0 Å². The van der Waals surface area contributed by atoms with Gasteiger partial charge in [-0.25, -0.2) is 4.98 Å². The maximum absolute atomic E-state index is 12.0. The summed E-state index contributed by atoms with van der Waals surface area (Å²) in [4.78, 5) is 18.6. The van der Waals surface area contributed by atoms with Crippen LogP contribution in [0.1, 0.15) is 18.4 Å². The largest absolute Gasteiger partial charge is 0.493 e. The molecule has 1 aromatic carbocycles. The van der Waals surface area contributed by atoms with E-state index in [9.17, 15) is 4.79 Å². The maximum Gasteiger partial charge on any atom is 0.225 e. The quantitative estimate of drug-likeness (QED) is 0.774. The number of ether oxygens (including phenoxy) is 2. The molecular weight excluding hydrogens is 330 g/mol. The molecule has 6 heteroatoms. The lowest BCUT2D eigenvalue weighted by molar-refractivity contribution is -0.116. The van der Waals surface area contributed by atoms with E-state index in [1.807, 2.05) is 43.3 Å². The summed E-state index contributed by atoms with van der Waals surface area (Å²) in [7, 11) is 0.